The van der Waals surface area contributed by atoms with E-state index in [2.05, 4.69) is 18.6 Å². The van der Waals surface area contributed by atoms with Gasteiger partial charge in [0.05, 0.1) is 5.75 Å². The van der Waals surface area contributed by atoms with Crippen molar-refractivity contribution >= 4 is 27.5 Å². The third kappa shape index (κ3) is 7.17. The zero-order valence-corrected chi connectivity index (χ0v) is 13.9. The fraction of sp³-hybridized carbons (Fsp3) is 0.571. The Balaban J connectivity index is 2.38. The van der Waals surface area contributed by atoms with E-state index in [4.69, 9.17) is 5.73 Å². The molecule has 0 aliphatic heterocycles. The van der Waals surface area contributed by atoms with Gasteiger partial charge >= 0.3 is 0 Å². The molecule has 20 heavy (non-hydrogen) atoms. The van der Waals surface area contributed by atoms with E-state index in [1.54, 1.807) is 0 Å². The number of thioether (sulfide) groups is 1. The van der Waals surface area contributed by atoms with Gasteiger partial charge in [0, 0.05) is 22.4 Å². The normalized spacial score (nSPS) is 13.6. The summed E-state index contributed by atoms with van der Waals surface area (Å²) < 4.78 is 26.6. The number of hydrogen-bond acceptors (Lipinski definition) is 4. The van der Waals surface area contributed by atoms with E-state index >= 15 is 0 Å². The number of anilines is 1. The van der Waals surface area contributed by atoms with Crippen molar-refractivity contribution in [1.29, 1.82) is 0 Å². The van der Waals surface area contributed by atoms with E-state index in [0.717, 1.165) is 11.3 Å². The lowest BCUT2D eigenvalue weighted by Crippen LogP contribution is -2.35. The molecule has 1 rings (SSSR count). The summed E-state index contributed by atoms with van der Waals surface area (Å²) in [7, 11) is -3.20. The van der Waals surface area contributed by atoms with E-state index in [0.29, 0.717) is 17.4 Å². The Morgan fingerprint density at radius 3 is 2.35 bits per heavy atom. The molecule has 1 aromatic carbocycles. The molecule has 1 unspecified atom stereocenters. The molecule has 0 aliphatic carbocycles. The zero-order valence-electron chi connectivity index (χ0n) is 12.3. The number of nitrogen functional groups attached to an aromatic ring is 1. The molecule has 1 atom stereocenters. The molecule has 0 bridgehead atoms. The molecule has 4 nitrogen and oxygen atoms in total. The second kappa shape index (κ2) is 7.90. The highest BCUT2D eigenvalue weighted by Gasteiger charge is 2.15. The number of sulfonamides is 1. The summed E-state index contributed by atoms with van der Waals surface area (Å²) in [6.45, 7) is 6.08. The highest BCUT2D eigenvalue weighted by Crippen LogP contribution is 2.19. The summed E-state index contributed by atoms with van der Waals surface area (Å²) in [5.74, 6) is 1.15. The number of benzene rings is 1. The lowest BCUT2D eigenvalue weighted by Gasteiger charge is -2.15. The van der Waals surface area contributed by atoms with Crippen molar-refractivity contribution < 1.29 is 8.42 Å². The van der Waals surface area contributed by atoms with Gasteiger partial charge in [-0.2, -0.15) is 0 Å². The van der Waals surface area contributed by atoms with Crippen LogP contribution in [0.15, 0.2) is 29.2 Å². The van der Waals surface area contributed by atoms with Crippen LogP contribution in [0.2, 0.25) is 0 Å². The van der Waals surface area contributed by atoms with Crippen molar-refractivity contribution in [3.8, 4) is 0 Å². The van der Waals surface area contributed by atoms with E-state index in [-0.39, 0.29) is 11.8 Å². The van der Waals surface area contributed by atoms with Crippen molar-refractivity contribution in [2.45, 2.75) is 38.1 Å². The molecular formula is C14H24N2O2S2. The zero-order chi connectivity index (χ0) is 15.2. The Bertz CT molecular complexity index is 498. The molecular weight excluding hydrogens is 292 g/mol. The van der Waals surface area contributed by atoms with Crippen LogP contribution in [0, 0.1) is 5.92 Å². The fourth-order valence-corrected chi connectivity index (χ4v) is 4.56. The molecule has 0 aromatic heterocycles. The molecule has 0 heterocycles. The lowest BCUT2D eigenvalue weighted by atomic mass is 10.1. The van der Waals surface area contributed by atoms with Gasteiger partial charge in [-0.25, -0.2) is 13.1 Å². The van der Waals surface area contributed by atoms with Crippen LogP contribution in [-0.4, -0.2) is 26.0 Å². The van der Waals surface area contributed by atoms with Crippen molar-refractivity contribution in [3.63, 3.8) is 0 Å². The van der Waals surface area contributed by atoms with Gasteiger partial charge in [0.25, 0.3) is 0 Å². The SMILES string of the molecule is CC(C)CC(C)NS(=O)(=O)CCSc1ccc(N)cc1. The number of rotatable bonds is 8. The minimum absolute atomic E-state index is 0.0125. The van der Waals surface area contributed by atoms with Crippen LogP contribution in [0.25, 0.3) is 0 Å². The highest BCUT2D eigenvalue weighted by molar-refractivity contribution is 8.00. The van der Waals surface area contributed by atoms with Gasteiger partial charge in [-0.1, -0.05) is 13.8 Å². The standard InChI is InChI=1S/C14H24N2O2S2/c1-11(2)10-12(3)16-20(17,18)9-8-19-14-6-4-13(15)5-7-14/h4-7,11-12,16H,8-10,15H2,1-3H3. The quantitative estimate of drug-likeness (QED) is 0.571. The maximum Gasteiger partial charge on any atom is 0.212 e. The first-order valence-corrected chi connectivity index (χ1v) is 9.40. The van der Waals surface area contributed by atoms with Gasteiger partial charge < -0.3 is 5.73 Å². The minimum atomic E-state index is -3.20. The third-order valence-corrected chi connectivity index (χ3v) is 5.48. The molecule has 0 saturated carbocycles. The van der Waals surface area contributed by atoms with Crippen LogP contribution >= 0.6 is 11.8 Å². The van der Waals surface area contributed by atoms with E-state index in [9.17, 15) is 8.42 Å². The maximum absolute atomic E-state index is 11.9. The first kappa shape index (κ1) is 17.3. The van der Waals surface area contributed by atoms with Gasteiger partial charge in [-0.15, -0.1) is 11.8 Å². The Morgan fingerprint density at radius 2 is 1.80 bits per heavy atom. The average Bonchev–Trinajstić information content (AvgIpc) is 2.29. The summed E-state index contributed by atoms with van der Waals surface area (Å²) in [6.07, 6.45) is 0.852. The van der Waals surface area contributed by atoms with Gasteiger partial charge in [0.2, 0.25) is 10.0 Å². The molecule has 6 heteroatoms. The van der Waals surface area contributed by atoms with E-state index < -0.39 is 10.0 Å². The van der Waals surface area contributed by atoms with Crippen LogP contribution in [0.4, 0.5) is 5.69 Å². The monoisotopic (exact) mass is 316 g/mol. The molecule has 3 N–H and O–H groups in total. The largest absolute Gasteiger partial charge is 0.399 e. The molecule has 1 aromatic rings. The van der Waals surface area contributed by atoms with Crippen LogP contribution in [0.3, 0.4) is 0 Å². The number of nitrogens with two attached hydrogens (primary N) is 1. The van der Waals surface area contributed by atoms with Crippen LogP contribution in [-0.2, 0) is 10.0 Å². The minimum Gasteiger partial charge on any atom is -0.399 e. The Labute approximate surface area is 126 Å². The highest BCUT2D eigenvalue weighted by atomic mass is 32.2. The van der Waals surface area contributed by atoms with Crippen LogP contribution in [0.5, 0.6) is 0 Å². The topological polar surface area (TPSA) is 72.2 Å². The van der Waals surface area contributed by atoms with E-state index in [1.165, 1.54) is 11.8 Å². The summed E-state index contributed by atoms with van der Waals surface area (Å²) in [4.78, 5) is 1.03. The molecule has 0 fully saturated rings. The Hall–Kier alpha value is -0.720. The first-order valence-electron chi connectivity index (χ1n) is 6.77. The fourth-order valence-electron chi connectivity index (χ4n) is 1.95. The van der Waals surface area contributed by atoms with Crippen molar-refractivity contribution in [1.82, 2.24) is 4.72 Å². The Kier molecular flexibility index (Phi) is 6.85. The summed E-state index contributed by atoms with van der Waals surface area (Å²) >= 11 is 1.52. The van der Waals surface area contributed by atoms with Gasteiger partial charge in [-0.05, 0) is 43.5 Å². The van der Waals surface area contributed by atoms with E-state index in [1.807, 2.05) is 31.2 Å². The first-order chi connectivity index (χ1) is 9.28. The van der Waals surface area contributed by atoms with Gasteiger partial charge in [-0.3, -0.25) is 0 Å². The maximum atomic E-state index is 11.9. The smallest absolute Gasteiger partial charge is 0.212 e. The van der Waals surface area contributed by atoms with Crippen molar-refractivity contribution in [2.75, 3.05) is 17.2 Å². The number of hydrogen-bond donors (Lipinski definition) is 2. The number of nitrogens with one attached hydrogen (secondary N) is 1. The summed E-state index contributed by atoms with van der Waals surface area (Å²) in [5.41, 5.74) is 6.32. The second-order valence-corrected chi connectivity index (χ2v) is 8.43. The molecule has 114 valence electrons. The van der Waals surface area contributed by atoms with Crippen LogP contribution in [0.1, 0.15) is 27.2 Å². The van der Waals surface area contributed by atoms with Crippen LogP contribution < -0.4 is 10.5 Å². The average molecular weight is 316 g/mol. The predicted molar refractivity (Wildman–Crippen MR) is 87.4 cm³/mol. The summed E-state index contributed by atoms with van der Waals surface area (Å²) in [5, 5.41) is 0. The van der Waals surface area contributed by atoms with Gasteiger partial charge in [0.1, 0.15) is 0 Å². The summed E-state index contributed by atoms with van der Waals surface area (Å²) in [6, 6.07) is 7.43. The molecule has 0 radical (unpaired) electrons. The van der Waals surface area contributed by atoms with Gasteiger partial charge in [0.15, 0.2) is 0 Å². The molecule has 0 amide bonds. The lowest BCUT2D eigenvalue weighted by molar-refractivity contribution is 0.483. The molecule has 0 aliphatic rings. The van der Waals surface area contributed by atoms with Crippen molar-refractivity contribution in [2.24, 2.45) is 5.92 Å². The predicted octanol–water partition coefficient (Wildman–Crippen LogP) is 2.71. The second-order valence-electron chi connectivity index (χ2n) is 5.38. The van der Waals surface area contributed by atoms with Crippen molar-refractivity contribution in [3.05, 3.63) is 24.3 Å². The Morgan fingerprint density at radius 1 is 1.20 bits per heavy atom. The molecule has 0 spiro atoms. The molecule has 0 saturated heterocycles. The third-order valence-electron chi connectivity index (χ3n) is 2.71.